The van der Waals surface area contributed by atoms with Gasteiger partial charge in [-0.3, -0.25) is 14.9 Å². The molecule has 7 heteroatoms. The number of pyridine rings is 1. The largest absolute Gasteiger partial charge is 0.481 e. The first-order valence-corrected chi connectivity index (χ1v) is 6.08. The van der Waals surface area contributed by atoms with Gasteiger partial charge in [-0.1, -0.05) is 0 Å². The number of anilines is 1. The number of aryl methyl sites for hydroxylation is 1. The van der Waals surface area contributed by atoms with E-state index in [2.05, 4.69) is 4.98 Å². The summed E-state index contributed by atoms with van der Waals surface area (Å²) < 4.78 is 0. The van der Waals surface area contributed by atoms with Crippen molar-refractivity contribution in [2.45, 2.75) is 32.2 Å². The van der Waals surface area contributed by atoms with Crippen LogP contribution < -0.4 is 4.90 Å². The van der Waals surface area contributed by atoms with Crippen molar-refractivity contribution >= 4 is 17.5 Å². The molecule has 1 N–H and O–H groups in total. The van der Waals surface area contributed by atoms with Crippen LogP contribution in [0.25, 0.3) is 0 Å². The number of rotatable bonds is 6. The maximum absolute atomic E-state index is 10.9. The van der Waals surface area contributed by atoms with Gasteiger partial charge in [0.1, 0.15) is 5.82 Å². The number of nitro groups is 1. The Labute approximate surface area is 110 Å². The molecule has 0 unspecified atom stereocenters. The summed E-state index contributed by atoms with van der Waals surface area (Å²) in [6, 6.07) is 1.68. The Morgan fingerprint density at radius 2 is 2.32 bits per heavy atom. The zero-order valence-corrected chi connectivity index (χ0v) is 10.6. The molecule has 1 aromatic heterocycles. The van der Waals surface area contributed by atoms with E-state index in [0.717, 1.165) is 12.8 Å². The molecule has 1 saturated carbocycles. The number of carboxylic acid groups (broad SMARTS) is 1. The molecule has 2 rings (SSSR count). The highest BCUT2D eigenvalue weighted by Crippen LogP contribution is 2.32. The zero-order chi connectivity index (χ0) is 14.0. The fourth-order valence-corrected chi connectivity index (χ4v) is 1.94. The molecule has 19 heavy (non-hydrogen) atoms. The summed E-state index contributed by atoms with van der Waals surface area (Å²) >= 11 is 0. The minimum atomic E-state index is -0.882. The lowest BCUT2D eigenvalue weighted by atomic mass is 10.2. The summed E-state index contributed by atoms with van der Waals surface area (Å²) in [5, 5.41) is 19.7. The number of carbonyl (C=O) groups is 1. The van der Waals surface area contributed by atoms with E-state index in [-0.39, 0.29) is 18.2 Å². The molecule has 1 aromatic rings. The van der Waals surface area contributed by atoms with Gasteiger partial charge in [-0.25, -0.2) is 4.98 Å². The van der Waals surface area contributed by atoms with Crippen LogP contribution >= 0.6 is 0 Å². The first kappa shape index (κ1) is 13.3. The van der Waals surface area contributed by atoms with Crippen molar-refractivity contribution in [2.75, 3.05) is 11.4 Å². The molecule has 0 atom stereocenters. The molecule has 0 saturated heterocycles. The van der Waals surface area contributed by atoms with Gasteiger partial charge in [-0.2, -0.15) is 0 Å². The monoisotopic (exact) mass is 265 g/mol. The Bertz CT molecular complexity index is 514. The van der Waals surface area contributed by atoms with Gasteiger partial charge in [0.25, 0.3) is 5.69 Å². The van der Waals surface area contributed by atoms with Gasteiger partial charge < -0.3 is 10.0 Å². The third-order valence-electron chi connectivity index (χ3n) is 3.11. The average molecular weight is 265 g/mol. The smallest absolute Gasteiger partial charge is 0.305 e. The number of aliphatic carboxylic acids is 1. The third kappa shape index (κ3) is 3.18. The lowest BCUT2D eigenvalue weighted by molar-refractivity contribution is -0.385. The van der Waals surface area contributed by atoms with E-state index >= 15 is 0 Å². The van der Waals surface area contributed by atoms with Crippen molar-refractivity contribution < 1.29 is 14.8 Å². The molecule has 0 spiro atoms. The van der Waals surface area contributed by atoms with E-state index in [1.807, 2.05) is 4.90 Å². The number of hydrogen-bond acceptors (Lipinski definition) is 5. The first-order chi connectivity index (χ1) is 8.99. The Morgan fingerprint density at radius 1 is 1.63 bits per heavy atom. The van der Waals surface area contributed by atoms with Crippen LogP contribution in [0, 0.1) is 17.0 Å². The molecular weight excluding hydrogens is 250 g/mol. The predicted molar refractivity (Wildman–Crippen MR) is 68.2 cm³/mol. The molecule has 102 valence electrons. The SMILES string of the molecule is Cc1cnc(N(CCC(=O)O)C2CC2)cc1[N+](=O)[O-]. The first-order valence-electron chi connectivity index (χ1n) is 6.08. The lowest BCUT2D eigenvalue weighted by Gasteiger charge is -2.22. The molecule has 1 aliphatic carbocycles. The molecule has 0 aromatic carbocycles. The molecule has 0 aliphatic heterocycles. The quantitative estimate of drug-likeness (QED) is 0.621. The molecule has 0 bridgehead atoms. The Balaban J connectivity index is 2.23. The van der Waals surface area contributed by atoms with Gasteiger partial charge >= 0.3 is 5.97 Å². The van der Waals surface area contributed by atoms with E-state index in [1.54, 1.807) is 6.92 Å². The summed E-state index contributed by atoms with van der Waals surface area (Å²) in [6.07, 6.45) is 3.41. The van der Waals surface area contributed by atoms with Crippen molar-refractivity contribution in [3.05, 3.63) is 27.9 Å². The maximum Gasteiger partial charge on any atom is 0.305 e. The normalized spacial score (nSPS) is 14.2. The molecular formula is C12H15N3O4. The Kier molecular flexibility index (Phi) is 3.64. The number of nitrogens with zero attached hydrogens (tertiary/aromatic N) is 3. The second-order valence-electron chi connectivity index (χ2n) is 4.65. The standard InChI is InChI=1S/C12H15N3O4/c1-8-7-13-11(6-10(8)15(18)19)14(9-2-3-9)5-4-12(16)17/h6-7,9H,2-5H2,1H3,(H,16,17). The number of carboxylic acids is 1. The predicted octanol–water partition coefficient (Wildman–Crippen LogP) is 1.74. The van der Waals surface area contributed by atoms with Gasteiger partial charge in [0.05, 0.1) is 17.4 Å². The second-order valence-corrected chi connectivity index (χ2v) is 4.65. The fourth-order valence-electron chi connectivity index (χ4n) is 1.94. The van der Waals surface area contributed by atoms with Crippen molar-refractivity contribution in [2.24, 2.45) is 0 Å². The van der Waals surface area contributed by atoms with E-state index in [1.165, 1.54) is 12.3 Å². The fraction of sp³-hybridized carbons (Fsp3) is 0.500. The zero-order valence-electron chi connectivity index (χ0n) is 10.6. The summed E-state index contributed by atoms with van der Waals surface area (Å²) in [6.45, 7) is 1.96. The maximum atomic E-state index is 10.9. The highest BCUT2D eigenvalue weighted by atomic mass is 16.6. The number of aromatic nitrogens is 1. The summed E-state index contributed by atoms with van der Waals surface area (Å²) in [5.74, 6) is -0.395. The summed E-state index contributed by atoms with van der Waals surface area (Å²) in [4.78, 5) is 27.2. The minimum absolute atomic E-state index is 0.000145. The Morgan fingerprint density at radius 3 is 2.84 bits per heavy atom. The number of hydrogen-bond donors (Lipinski definition) is 1. The molecule has 1 heterocycles. The van der Waals surface area contributed by atoms with Crippen LogP contribution in [0.15, 0.2) is 12.3 Å². The van der Waals surface area contributed by atoms with Crippen LogP contribution in [-0.2, 0) is 4.79 Å². The van der Waals surface area contributed by atoms with E-state index in [4.69, 9.17) is 5.11 Å². The Hall–Kier alpha value is -2.18. The lowest BCUT2D eigenvalue weighted by Crippen LogP contribution is -2.29. The summed E-state index contributed by atoms with van der Waals surface area (Å²) in [7, 11) is 0. The molecule has 7 nitrogen and oxygen atoms in total. The van der Waals surface area contributed by atoms with Gasteiger partial charge in [0, 0.05) is 24.3 Å². The molecule has 0 amide bonds. The van der Waals surface area contributed by atoms with Crippen molar-refractivity contribution in [3.63, 3.8) is 0 Å². The highest BCUT2D eigenvalue weighted by Gasteiger charge is 2.31. The minimum Gasteiger partial charge on any atom is -0.481 e. The van der Waals surface area contributed by atoms with Crippen LogP contribution in [0.1, 0.15) is 24.8 Å². The van der Waals surface area contributed by atoms with Crippen molar-refractivity contribution in [3.8, 4) is 0 Å². The van der Waals surface area contributed by atoms with Gasteiger partial charge in [-0.05, 0) is 19.8 Å². The summed E-state index contributed by atoms with van der Waals surface area (Å²) in [5.41, 5.74) is 0.522. The topological polar surface area (TPSA) is 96.6 Å². The van der Waals surface area contributed by atoms with E-state index < -0.39 is 10.9 Å². The molecule has 1 aliphatic rings. The van der Waals surface area contributed by atoms with Gasteiger partial charge in [0.2, 0.25) is 0 Å². The van der Waals surface area contributed by atoms with Crippen molar-refractivity contribution in [1.82, 2.24) is 4.98 Å². The van der Waals surface area contributed by atoms with Gasteiger partial charge in [0.15, 0.2) is 0 Å². The van der Waals surface area contributed by atoms with Crippen LogP contribution in [0.3, 0.4) is 0 Å². The second kappa shape index (κ2) is 5.21. The van der Waals surface area contributed by atoms with Crippen LogP contribution in [-0.4, -0.2) is 33.6 Å². The van der Waals surface area contributed by atoms with E-state index in [9.17, 15) is 14.9 Å². The average Bonchev–Trinajstić information content (AvgIpc) is 3.15. The van der Waals surface area contributed by atoms with Crippen molar-refractivity contribution in [1.29, 1.82) is 0 Å². The highest BCUT2D eigenvalue weighted by molar-refractivity contribution is 5.67. The van der Waals surface area contributed by atoms with E-state index in [0.29, 0.717) is 17.9 Å². The van der Waals surface area contributed by atoms with Crippen LogP contribution in [0.2, 0.25) is 0 Å². The van der Waals surface area contributed by atoms with Gasteiger partial charge in [-0.15, -0.1) is 0 Å². The molecule has 0 radical (unpaired) electrons. The van der Waals surface area contributed by atoms with Crippen LogP contribution in [0.5, 0.6) is 0 Å². The third-order valence-corrected chi connectivity index (χ3v) is 3.11. The molecule has 1 fully saturated rings. The van der Waals surface area contributed by atoms with Crippen LogP contribution in [0.4, 0.5) is 11.5 Å².